The topological polar surface area (TPSA) is 33.0 Å². The van der Waals surface area contributed by atoms with Crippen LogP contribution >= 0.6 is 23.2 Å². The highest BCUT2D eigenvalue weighted by atomic mass is 35.5. The molecule has 3 aromatic rings. The van der Waals surface area contributed by atoms with Gasteiger partial charge in [0.05, 0.1) is 21.7 Å². The first-order valence-electron chi connectivity index (χ1n) is 8.51. The van der Waals surface area contributed by atoms with Crippen LogP contribution in [-0.2, 0) is 6.61 Å². The van der Waals surface area contributed by atoms with Crippen LogP contribution in [0.5, 0.6) is 5.75 Å². The molecule has 2 nitrogen and oxygen atoms in total. The Morgan fingerprint density at radius 3 is 2.36 bits per heavy atom. The summed E-state index contributed by atoms with van der Waals surface area (Å²) in [5.41, 5.74) is 3.78. The fourth-order valence-electron chi connectivity index (χ4n) is 2.66. The molecule has 0 aliphatic rings. The number of aryl methyl sites for hydroxylation is 1. The molecular formula is C23H16Cl2FNO. The van der Waals surface area contributed by atoms with Crippen molar-refractivity contribution >= 4 is 34.9 Å². The first-order valence-corrected chi connectivity index (χ1v) is 9.27. The van der Waals surface area contributed by atoms with Crippen LogP contribution < -0.4 is 4.74 Å². The molecule has 3 aromatic carbocycles. The maximum absolute atomic E-state index is 13.3. The van der Waals surface area contributed by atoms with Crippen molar-refractivity contribution in [3.05, 3.63) is 98.8 Å². The number of benzene rings is 3. The van der Waals surface area contributed by atoms with Crippen molar-refractivity contribution in [3.8, 4) is 11.8 Å². The largest absolute Gasteiger partial charge is 0.486 e. The van der Waals surface area contributed by atoms with Crippen molar-refractivity contribution in [1.29, 1.82) is 5.26 Å². The first-order chi connectivity index (χ1) is 13.5. The lowest BCUT2D eigenvalue weighted by molar-refractivity contribution is 0.306. The maximum atomic E-state index is 13.3. The Morgan fingerprint density at radius 1 is 1.07 bits per heavy atom. The Balaban J connectivity index is 1.84. The Bertz CT molecular complexity index is 1050. The molecule has 0 heterocycles. The minimum absolute atomic E-state index is 0.138. The third kappa shape index (κ3) is 4.92. The van der Waals surface area contributed by atoms with Gasteiger partial charge in [0.15, 0.2) is 5.75 Å². The van der Waals surface area contributed by atoms with Gasteiger partial charge in [-0.25, -0.2) is 4.39 Å². The van der Waals surface area contributed by atoms with Crippen LogP contribution in [-0.4, -0.2) is 0 Å². The van der Waals surface area contributed by atoms with E-state index < -0.39 is 0 Å². The number of nitriles is 1. The lowest BCUT2D eigenvalue weighted by Gasteiger charge is -2.11. The van der Waals surface area contributed by atoms with Crippen LogP contribution in [0.1, 0.15) is 22.3 Å². The van der Waals surface area contributed by atoms with Gasteiger partial charge in [0, 0.05) is 0 Å². The molecule has 0 spiro atoms. The van der Waals surface area contributed by atoms with E-state index in [1.54, 1.807) is 30.3 Å². The molecule has 5 heteroatoms. The number of halogens is 3. The molecule has 0 atom stereocenters. The number of ether oxygens (including phenoxy) is 1. The normalized spacial score (nSPS) is 11.2. The molecule has 0 saturated carbocycles. The van der Waals surface area contributed by atoms with E-state index in [4.69, 9.17) is 27.9 Å². The van der Waals surface area contributed by atoms with Gasteiger partial charge in [0.25, 0.3) is 0 Å². The molecule has 0 N–H and O–H groups in total. The molecule has 0 saturated heterocycles. The van der Waals surface area contributed by atoms with E-state index in [1.807, 2.05) is 31.2 Å². The van der Waals surface area contributed by atoms with E-state index >= 15 is 0 Å². The molecular weight excluding hydrogens is 396 g/mol. The summed E-state index contributed by atoms with van der Waals surface area (Å²) < 4.78 is 19.0. The molecule has 28 heavy (non-hydrogen) atoms. The van der Waals surface area contributed by atoms with Crippen LogP contribution in [0.4, 0.5) is 4.39 Å². The second kappa shape index (κ2) is 8.93. The van der Waals surface area contributed by atoms with E-state index in [9.17, 15) is 9.65 Å². The van der Waals surface area contributed by atoms with E-state index in [-0.39, 0.29) is 12.4 Å². The number of hydrogen-bond acceptors (Lipinski definition) is 2. The highest BCUT2D eigenvalue weighted by Crippen LogP contribution is 2.36. The molecule has 0 amide bonds. The summed E-state index contributed by atoms with van der Waals surface area (Å²) in [6, 6.07) is 19.4. The van der Waals surface area contributed by atoms with Gasteiger partial charge >= 0.3 is 0 Å². The third-order valence-corrected chi connectivity index (χ3v) is 4.65. The third-order valence-electron chi connectivity index (χ3n) is 4.09. The summed E-state index contributed by atoms with van der Waals surface area (Å²) in [5, 5.41) is 10.1. The smallest absolute Gasteiger partial charge is 0.157 e. The van der Waals surface area contributed by atoms with E-state index in [2.05, 4.69) is 6.07 Å². The van der Waals surface area contributed by atoms with Gasteiger partial charge in [0.1, 0.15) is 12.4 Å². The van der Waals surface area contributed by atoms with E-state index in [0.717, 1.165) is 11.1 Å². The summed E-state index contributed by atoms with van der Waals surface area (Å²) in [4.78, 5) is 0. The Labute approximate surface area is 173 Å². The van der Waals surface area contributed by atoms with Gasteiger partial charge in [-0.3, -0.25) is 0 Å². The fraction of sp³-hybridized carbons (Fsp3) is 0.0870. The SMILES string of the molecule is Cc1ccc(/C(C#N)=C\c2cc(Cl)c(OCc3cccc(F)c3)c(Cl)c2)cc1. The summed E-state index contributed by atoms with van der Waals surface area (Å²) >= 11 is 12.7. The van der Waals surface area contributed by atoms with Crippen molar-refractivity contribution in [2.45, 2.75) is 13.5 Å². The monoisotopic (exact) mass is 411 g/mol. The predicted octanol–water partition coefficient (Wildman–Crippen LogP) is 7.08. The molecule has 140 valence electrons. The average Bonchev–Trinajstić information content (AvgIpc) is 2.66. The summed E-state index contributed by atoms with van der Waals surface area (Å²) in [6.45, 7) is 2.13. The molecule has 0 radical (unpaired) electrons. The minimum Gasteiger partial charge on any atom is -0.486 e. The molecule has 0 unspecified atom stereocenters. The summed E-state index contributed by atoms with van der Waals surface area (Å²) in [5.74, 6) is -0.0162. The molecule has 0 aliphatic heterocycles. The zero-order valence-electron chi connectivity index (χ0n) is 15.0. The highest BCUT2D eigenvalue weighted by molar-refractivity contribution is 6.37. The summed E-state index contributed by atoms with van der Waals surface area (Å²) in [7, 11) is 0. The van der Waals surface area contributed by atoms with Crippen LogP contribution in [0.15, 0.2) is 60.7 Å². The van der Waals surface area contributed by atoms with E-state index in [1.165, 1.54) is 12.1 Å². The number of allylic oxidation sites excluding steroid dienone is 1. The average molecular weight is 412 g/mol. The van der Waals surface area contributed by atoms with Crippen LogP contribution in [0.25, 0.3) is 11.6 Å². The highest BCUT2D eigenvalue weighted by Gasteiger charge is 2.11. The van der Waals surface area contributed by atoms with Crippen LogP contribution in [0.3, 0.4) is 0 Å². The van der Waals surface area contributed by atoms with Gasteiger partial charge in [-0.2, -0.15) is 5.26 Å². The van der Waals surface area contributed by atoms with Gasteiger partial charge in [0.2, 0.25) is 0 Å². The molecule has 3 rings (SSSR count). The molecule has 0 aliphatic carbocycles. The number of nitrogens with zero attached hydrogens (tertiary/aromatic N) is 1. The Hall–Kier alpha value is -2.80. The Kier molecular flexibility index (Phi) is 6.36. The summed E-state index contributed by atoms with van der Waals surface area (Å²) in [6.07, 6.45) is 1.72. The fourth-order valence-corrected chi connectivity index (χ4v) is 3.28. The quantitative estimate of drug-likeness (QED) is 0.331. The van der Waals surface area contributed by atoms with Gasteiger partial charge in [-0.1, -0.05) is 65.2 Å². The van der Waals surface area contributed by atoms with Crippen molar-refractivity contribution in [2.24, 2.45) is 0 Å². The molecule has 0 bridgehead atoms. The van der Waals surface area contributed by atoms with E-state index in [0.29, 0.717) is 32.5 Å². The molecule has 0 fully saturated rings. The van der Waals surface area contributed by atoms with Crippen molar-refractivity contribution in [1.82, 2.24) is 0 Å². The zero-order valence-corrected chi connectivity index (χ0v) is 16.6. The second-order valence-electron chi connectivity index (χ2n) is 6.27. The standard InChI is InChI=1S/C23H16Cl2FNO/c1-15-5-7-18(8-6-15)19(13-27)9-17-11-21(24)23(22(25)12-17)28-14-16-3-2-4-20(26)10-16/h2-12H,14H2,1H3/b19-9-. The first kappa shape index (κ1) is 19.9. The van der Waals surface area contributed by atoms with Crippen LogP contribution in [0, 0.1) is 24.1 Å². The van der Waals surface area contributed by atoms with Gasteiger partial charge < -0.3 is 4.74 Å². The van der Waals surface area contributed by atoms with Crippen molar-refractivity contribution in [3.63, 3.8) is 0 Å². The van der Waals surface area contributed by atoms with Gasteiger partial charge in [-0.15, -0.1) is 0 Å². The predicted molar refractivity (Wildman–Crippen MR) is 112 cm³/mol. The zero-order chi connectivity index (χ0) is 20.1. The van der Waals surface area contributed by atoms with Crippen molar-refractivity contribution < 1.29 is 9.13 Å². The van der Waals surface area contributed by atoms with Crippen molar-refractivity contribution in [2.75, 3.05) is 0 Å². The second-order valence-corrected chi connectivity index (χ2v) is 7.08. The maximum Gasteiger partial charge on any atom is 0.157 e. The molecule has 0 aromatic heterocycles. The lowest BCUT2D eigenvalue weighted by Crippen LogP contribution is -1.97. The number of rotatable bonds is 5. The van der Waals surface area contributed by atoms with Crippen LogP contribution in [0.2, 0.25) is 10.0 Å². The number of hydrogen-bond donors (Lipinski definition) is 0. The minimum atomic E-state index is -0.334. The Morgan fingerprint density at radius 2 is 1.75 bits per heavy atom. The lowest BCUT2D eigenvalue weighted by atomic mass is 10.0. The van der Waals surface area contributed by atoms with Gasteiger partial charge in [-0.05, 0) is 54.0 Å².